The van der Waals surface area contributed by atoms with Gasteiger partial charge in [0.25, 0.3) is 11.8 Å². The third-order valence-corrected chi connectivity index (χ3v) is 8.97. The van der Waals surface area contributed by atoms with Gasteiger partial charge in [-0.15, -0.1) is 23.1 Å². The Hall–Kier alpha value is -2.68. The van der Waals surface area contributed by atoms with Gasteiger partial charge in [-0.1, -0.05) is 5.16 Å². The third kappa shape index (κ3) is 3.74. The number of quaternary nitrogens is 1. The molecule has 4 aliphatic rings. The van der Waals surface area contributed by atoms with Crippen molar-refractivity contribution in [2.24, 2.45) is 5.16 Å². The minimum absolute atomic E-state index is 0.00727. The molecule has 1 aromatic rings. The van der Waals surface area contributed by atoms with E-state index in [0.717, 1.165) is 24.4 Å². The number of thioether (sulfide) groups is 1. The van der Waals surface area contributed by atoms with E-state index < -0.39 is 34.8 Å². The average molecular weight is 510 g/mol. The number of carboxylic acid groups (broad SMARTS) is 1. The second kappa shape index (κ2) is 8.22. The molecule has 0 aromatic carbocycles. The number of aromatic nitrogens is 1. The maximum atomic E-state index is 13.0. The molecule has 0 aliphatic carbocycles. The van der Waals surface area contributed by atoms with Crippen molar-refractivity contribution >= 4 is 51.7 Å². The number of carbonyl (C=O) groups excluding carboxylic acids is 2. The fraction of sp³-hybridized carbons (Fsp3) is 0.550. The summed E-state index contributed by atoms with van der Waals surface area (Å²) in [7, 11) is 1.29. The number of carbonyl (C=O) groups is 3. The molecule has 182 valence electrons. The van der Waals surface area contributed by atoms with Gasteiger partial charge in [-0.25, -0.2) is 9.78 Å². The number of anilines is 1. The lowest BCUT2D eigenvalue weighted by atomic mass is 10.00. The lowest BCUT2D eigenvalue weighted by Crippen LogP contribution is -2.71. The van der Waals surface area contributed by atoms with Gasteiger partial charge in [0.2, 0.25) is 0 Å². The smallest absolute Gasteiger partial charge is 0.352 e. The van der Waals surface area contributed by atoms with Crippen LogP contribution in [0.2, 0.25) is 0 Å². The Morgan fingerprint density at radius 2 is 2.18 bits per heavy atom. The highest BCUT2D eigenvalue weighted by atomic mass is 32.2. The van der Waals surface area contributed by atoms with Gasteiger partial charge >= 0.3 is 5.97 Å². The third-order valence-electron chi connectivity index (χ3n) is 6.96. The summed E-state index contributed by atoms with van der Waals surface area (Å²) in [5.74, 6) is -1.88. The van der Waals surface area contributed by atoms with Crippen molar-refractivity contribution in [3.63, 3.8) is 0 Å². The quantitative estimate of drug-likeness (QED) is 0.159. The van der Waals surface area contributed by atoms with Crippen molar-refractivity contribution in [3.8, 4) is 0 Å². The minimum atomic E-state index is -1.16. The topological polar surface area (TPSA) is 167 Å². The number of amides is 2. The number of carboxylic acids is 1. The van der Waals surface area contributed by atoms with Crippen molar-refractivity contribution in [3.05, 3.63) is 22.3 Å². The monoisotopic (exact) mass is 509 g/mol. The van der Waals surface area contributed by atoms with Crippen molar-refractivity contribution in [2.45, 2.75) is 29.9 Å². The van der Waals surface area contributed by atoms with Gasteiger partial charge in [0.05, 0.1) is 13.1 Å². The number of thiazole rings is 1. The average Bonchev–Trinajstić information content (AvgIpc) is 3.47. The SMILES string of the molecule is CO/N=C(\C(=O)N[C@@H]1C(=O)N2C(C(=O)O)=C(C[N+]34CCC(O)(CC3)C4)CS[C@H]12)c1csc(N)n1. The Labute approximate surface area is 203 Å². The number of oxime groups is 1. The molecule has 3 fully saturated rings. The number of aliphatic carboxylic acids is 1. The highest BCUT2D eigenvalue weighted by Gasteiger charge is 2.58. The van der Waals surface area contributed by atoms with E-state index >= 15 is 0 Å². The number of hydrogen-bond donors (Lipinski definition) is 4. The summed E-state index contributed by atoms with van der Waals surface area (Å²) >= 11 is 2.55. The first-order valence-electron chi connectivity index (χ1n) is 10.8. The fourth-order valence-corrected chi connectivity index (χ4v) is 7.28. The summed E-state index contributed by atoms with van der Waals surface area (Å²) in [4.78, 5) is 48.1. The molecule has 0 unspecified atom stereocenters. The summed E-state index contributed by atoms with van der Waals surface area (Å²) in [6.07, 6.45) is 1.43. The predicted molar refractivity (Wildman–Crippen MR) is 124 cm³/mol. The molecule has 0 radical (unpaired) electrons. The molecular formula is C20H25N6O6S2+. The Morgan fingerprint density at radius 3 is 2.74 bits per heavy atom. The van der Waals surface area contributed by atoms with Crippen LogP contribution in [0, 0.1) is 0 Å². The van der Waals surface area contributed by atoms with Gasteiger partial charge in [0, 0.05) is 29.5 Å². The highest BCUT2D eigenvalue weighted by molar-refractivity contribution is 8.00. The van der Waals surface area contributed by atoms with Crippen LogP contribution in [0.25, 0.3) is 0 Å². The highest BCUT2D eigenvalue weighted by Crippen LogP contribution is 2.44. The van der Waals surface area contributed by atoms with Crippen LogP contribution in [0.4, 0.5) is 5.13 Å². The largest absolute Gasteiger partial charge is 0.477 e. The Kier molecular flexibility index (Phi) is 5.58. The van der Waals surface area contributed by atoms with Crippen LogP contribution in [0.5, 0.6) is 0 Å². The standard InChI is InChI=1S/C20H24N6O6S2/c1-32-24-12(11-8-34-19(21)22-11)15(27)23-13-16(28)25-14(18(29)30)10(7-33-17(13)25)6-26-4-2-20(31,9-26)3-5-26/h8,13,17,31H,2-7,9H2,1H3,(H3-,21,22,23,27,29,30)/p+1/b24-12-/t13-,17-,20?,26?/m1/s1. The van der Waals surface area contributed by atoms with Crippen LogP contribution >= 0.6 is 23.1 Å². The van der Waals surface area contributed by atoms with Crippen LogP contribution in [-0.2, 0) is 19.2 Å². The van der Waals surface area contributed by atoms with Crippen LogP contribution in [0.3, 0.4) is 0 Å². The Balaban J connectivity index is 1.34. The minimum Gasteiger partial charge on any atom is -0.477 e. The number of piperidine rings is 1. The summed E-state index contributed by atoms with van der Waals surface area (Å²) < 4.78 is 0.656. The molecule has 12 nitrogen and oxygen atoms in total. The number of β-lactam (4-membered cyclic amide) rings is 1. The molecule has 14 heteroatoms. The molecule has 5 N–H and O–H groups in total. The second-order valence-corrected chi connectivity index (χ2v) is 11.1. The maximum absolute atomic E-state index is 13.0. The van der Waals surface area contributed by atoms with Gasteiger partial charge in [-0.05, 0) is 0 Å². The van der Waals surface area contributed by atoms with Crippen molar-refractivity contribution in [1.29, 1.82) is 0 Å². The van der Waals surface area contributed by atoms with Gasteiger partial charge in [0.15, 0.2) is 10.8 Å². The molecule has 1 aromatic heterocycles. The first-order valence-corrected chi connectivity index (χ1v) is 12.7. The van der Waals surface area contributed by atoms with Gasteiger partial charge < -0.3 is 30.6 Å². The van der Waals surface area contributed by atoms with Crippen molar-refractivity contribution < 1.29 is 33.9 Å². The number of nitrogens with one attached hydrogen (secondary N) is 1. The number of nitrogens with two attached hydrogens (primary N) is 1. The molecule has 34 heavy (non-hydrogen) atoms. The van der Waals surface area contributed by atoms with Crippen LogP contribution < -0.4 is 11.1 Å². The lowest BCUT2D eigenvalue weighted by Gasteiger charge is -2.50. The molecule has 5 rings (SSSR count). The van der Waals surface area contributed by atoms with Gasteiger partial charge in [-0.3, -0.25) is 14.5 Å². The second-order valence-electron chi connectivity index (χ2n) is 9.14. The van der Waals surface area contributed by atoms with E-state index in [1.54, 1.807) is 5.38 Å². The van der Waals surface area contributed by atoms with Crippen LogP contribution in [0.1, 0.15) is 18.5 Å². The first-order chi connectivity index (χ1) is 16.2. The molecule has 4 aliphatic heterocycles. The number of rotatable bonds is 7. The van der Waals surface area contributed by atoms with E-state index in [9.17, 15) is 24.6 Å². The molecule has 0 spiro atoms. The lowest BCUT2D eigenvalue weighted by molar-refractivity contribution is -0.904. The Bertz CT molecular complexity index is 1120. The molecule has 2 atom stereocenters. The summed E-state index contributed by atoms with van der Waals surface area (Å²) in [5.41, 5.74) is 5.78. The van der Waals surface area contributed by atoms with Gasteiger partial charge in [0.1, 0.15) is 48.6 Å². The van der Waals surface area contributed by atoms with Gasteiger partial charge in [-0.2, -0.15) is 0 Å². The Morgan fingerprint density at radius 1 is 1.44 bits per heavy atom. The number of hydrogen-bond acceptors (Lipinski definition) is 10. The zero-order valence-electron chi connectivity index (χ0n) is 18.4. The summed E-state index contributed by atoms with van der Waals surface area (Å²) in [5, 5.41) is 28.2. The van der Waals surface area contributed by atoms with Crippen molar-refractivity contribution in [1.82, 2.24) is 15.2 Å². The summed E-state index contributed by atoms with van der Waals surface area (Å²) in [6, 6.07) is -0.901. The molecule has 0 saturated carbocycles. The van der Waals surface area contributed by atoms with E-state index in [4.69, 9.17) is 10.6 Å². The maximum Gasteiger partial charge on any atom is 0.352 e. The fourth-order valence-electron chi connectivity index (χ4n) is 5.39. The number of nitrogens with zero attached hydrogens (tertiary/aromatic N) is 4. The van der Waals surface area contributed by atoms with E-state index in [0.29, 0.717) is 41.7 Å². The van der Waals surface area contributed by atoms with Crippen LogP contribution in [-0.4, -0.2) is 104 Å². The van der Waals surface area contributed by atoms with E-state index in [2.05, 4.69) is 15.5 Å². The molecular weight excluding hydrogens is 484 g/mol. The number of aliphatic hydroxyl groups is 1. The van der Waals surface area contributed by atoms with E-state index in [-0.39, 0.29) is 22.2 Å². The molecule has 2 amide bonds. The van der Waals surface area contributed by atoms with Crippen LogP contribution in [0.15, 0.2) is 21.8 Å². The number of nitrogen functional groups attached to an aromatic ring is 1. The summed E-state index contributed by atoms with van der Waals surface area (Å²) in [6.45, 7) is 2.72. The van der Waals surface area contributed by atoms with E-state index in [1.165, 1.54) is 23.8 Å². The van der Waals surface area contributed by atoms with Crippen molar-refractivity contribution in [2.75, 3.05) is 44.8 Å². The normalized spacial score (nSPS) is 32.5. The molecule has 2 bridgehead atoms. The predicted octanol–water partition coefficient (Wildman–Crippen LogP) is -0.830. The van der Waals surface area contributed by atoms with E-state index in [1.807, 2.05) is 0 Å². The zero-order chi connectivity index (χ0) is 24.3. The zero-order valence-corrected chi connectivity index (χ0v) is 20.0. The first kappa shape index (κ1) is 23.1. The molecule has 3 saturated heterocycles. The number of fused-ring (bicyclic) bond motifs is 3. The molecule has 5 heterocycles.